The summed E-state index contributed by atoms with van der Waals surface area (Å²) in [7, 11) is 0. The molecule has 1 heterocycles. The second-order valence-corrected chi connectivity index (χ2v) is 8.42. The number of rotatable bonds is 4. The van der Waals surface area contributed by atoms with Gasteiger partial charge in [-0.25, -0.2) is 0 Å². The summed E-state index contributed by atoms with van der Waals surface area (Å²) in [5.74, 6) is 1.79. The van der Waals surface area contributed by atoms with Crippen LogP contribution in [0.25, 0.3) is 0 Å². The van der Waals surface area contributed by atoms with Gasteiger partial charge in [-0.2, -0.15) is 0 Å². The number of para-hydroxylation sites is 1. The number of hydrogen-bond acceptors (Lipinski definition) is 4. The molecule has 5 rings (SSSR count). The predicted octanol–water partition coefficient (Wildman–Crippen LogP) is 5.02. The minimum absolute atomic E-state index is 0.0117. The number of anilines is 1. The number of phenolic OH excluding ortho intramolecular Hbond substituents is 1. The van der Waals surface area contributed by atoms with Crippen molar-refractivity contribution in [2.45, 2.75) is 44.7 Å². The maximum Gasteiger partial charge on any atom is 0.243 e. The summed E-state index contributed by atoms with van der Waals surface area (Å²) in [5, 5.41) is 16.4. The third-order valence-electron chi connectivity index (χ3n) is 6.24. The maximum absolute atomic E-state index is 13.1. The highest BCUT2D eigenvalue weighted by molar-refractivity contribution is 5.88. The molecule has 0 aromatic heterocycles. The molecule has 5 nitrogen and oxygen atoms in total. The molecule has 1 amide bonds. The summed E-state index contributed by atoms with van der Waals surface area (Å²) in [6.45, 7) is 1.96. The van der Waals surface area contributed by atoms with Gasteiger partial charge >= 0.3 is 0 Å². The van der Waals surface area contributed by atoms with E-state index in [1.807, 2.05) is 43.3 Å². The van der Waals surface area contributed by atoms with Gasteiger partial charge in [-0.1, -0.05) is 24.3 Å². The van der Waals surface area contributed by atoms with Crippen molar-refractivity contribution in [1.29, 1.82) is 0 Å². The number of aromatic hydroxyl groups is 1. The molecular formula is C26H26N2O3. The molecule has 2 aliphatic rings. The third kappa shape index (κ3) is 3.96. The van der Waals surface area contributed by atoms with E-state index in [0.29, 0.717) is 6.42 Å². The summed E-state index contributed by atoms with van der Waals surface area (Å²) in [4.78, 5) is 13.1. The normalized spacial score (nSPS) is 19.1. The van der Waals surface area contributed by atoms with Crippen LogP contribution in [0.5, 0.6) is 17.2 Å². The smallest absolute Gasteiger partial charge is 0.243 e. The zero-order chi connectivity index (χ0) is 21.4. The van der Waals surface area contributed by atoms with Gasteiger partial charge in [0, 0.05) is 18.2 Å². The van der Waals surface area contributed by atoms with Crippen LogP contribution >= 0.6 is 0 Å². The van der Waals surface area contributed by atoms with Gasteiger partial charge in [-0.15, -0.1) is 0 Å². The van der Waals surface area contributed by atoms with E-state index >= 15 is 0 Å². The summed E-state index contributed by atoms with van der Waals surface area (Å²) < 4.78 is 6.02. The molecule has 2 atom stereocenters. The zero-order valence-corrected chi connectivity index (χ0v) is 17.5. The van der Waals surface area contributed by atoms with Crippen molar-refractivity contribution < 1.29 is 14.6 Å². The zero-order valence-electron chi connectivity index (χ0n) is 17.5. The van der Waals surface area contributed by atoms with Gasteiger partial charge in [0.2, 0.25) is 5.91 Å². The molecule has 1 aliphatic carbocycles. The highest BCUT2D eigenvalue weighted by Crippen LogP contribution is 2.36. The Kier molecular flexibility index (Phi) is 5.02. The number of phenols is 1. The molecule has 3 N–H and O–H groups in total. The Bertz CT molecular complexity index is 1130. The first kappa shape index (κ1) is 19.5. The Hall–Kier alpha value is -3.47. The van der Waals surface area contributed by atoms with Crippen molar-refractivity contribution in [3.05, 3.63) is 82.9 Å². The van der Waals surface area contributed by atoms with E-state index in [1.165, 1.54) is 5.56 Å². The van der Waals surface area contributed by atoms with Crippen LogP contribution < -0.4 is 15.4 Å². The molecule has 0 fully saturated rings. The summed E-state index contributed by atoms with van der Waals surface area (Å²) in [6, 6.07) is 19.0. The van der Waals surface area contributed by atoms with Gasteiger partial charge < -0.3 is 20.5 Å². The highest BCUT2D eigenvalue weighted by Gasteiger charge is 2.31. The fourth-order valence-electron chi connectivity index (χ4n) is 4.69. The quantitative estimate of drug-likeness (QED) is 0.560. The Morgan fingerprint density at radius 2 is 1.94 bits per heavy atom. The lowest BCUT2D eigenvalue weighted by molar-refractivity contribution is -0.122. The van der Waals surface area contributed by atoms with E-state index in [0.717, 1.165) is 53.1 Å². The minimum atomic E-state index is -0.329. The van der Waals surface area contributed by atoms with Gasteiger partial charge in [-0.3, -0.25) is 4.79 Å². The third-order valence-corrected chi connectivity index (χ3v) is 6.24. The van der Waals surface area contributed by atoms with Crippen LogP contribution in [-0.2, 0) is 17.6 Å². The largest absolute Gasteiger partial charge is 0.508 e. The topological polar surface area (TPSA) is 70.6 Å². The summed E-state index contributed by atoms with van der Waals surface area (Å²) in [5.41, 5.74) is 5.35. The van der Waals surface area contributed by atoms with Crippen molar-refractivity contribution in [3.8, 4) is 17.2 Å². The lowest BCUT2D eigenvalue weighted by Gasteiger charge is -2.28. The lowest BCUT2D eigenvalue weighted by atomic mass is 9.87. The van der Waals surface area contributed by atoms with Crippen molar-refractivity contribution in [2.75, 3.05) is 5.32 Å². The molecule has 0 saturated carbocycles. The number of aryl methyl sites for hydroxylation is 2. The predicted molar refractivity (Wildman–Crippen MR) is 121 cm³/mol. The fraction of sp³-hybridized carbons (Fsp3) is 0.269. The van der Waals surface area contributed by atoms with E-state index < -0.39 is 0 Å². The van der Waals surface area contributed by atoms with Gasteiger partial charge in [0.05, 0.1) is 6.04 Å². The van der Waals surface area contributed by atoms with Crippen LogP contribution in [0.2, 0.25) is 0 Å². The maximum atomic E-state index is 13.1. The molecule has 2 unspecified atom stereocenters. The van der Waals surface area contributed by atoms with E-state index in [-0.39, 0.29) is 23.7 Å². The standard InChI is InChI=1S/C26H26N2O3/c1-16-12-18(29)13-24-21(16)15-25(27-24)26(30)28-23-9-5-6-17-10-11-20(14-22(17)23)31-19-7-3-2-4-8-19/h2-4,7-8,10-14,23,25,27,29H,5-6,9,15H2,1H3,(H,28,30). The second kappa shape index (κ2) is 7.99. The average Bonchev–Trinajstić information content (AvgIpc) is 3.19. The van der Waals surface area contributed by atoms with Crippen LogP contribution in [-0.4, -0.2) is 17.1 Å². The van der Waals surface area contributed by atoms with Crippen molar-refractivity contribution in [3.63, 3.8) is 0 Å². The van der Waals surface area contributed by atoms with Gasteiger partial charge in [0.1, 0.15) is 23.3 Å². The number of nitrogens with one attached hydrogen (secondary N) is 2. The molecule has 3 aromatic carbocycles. The molecule has 0 bridgehead atoms. The van der Waals surface area contributed by atoms with Crippen molar-refractivity contribution >= 4 is 11.6 Å². The Balaban J connectivity index is 1.32. The van der Waals surface area contributed by atoms with E-state index in [4.69, 9.17) is 4.74 Å². The molecule has 31 heavy (non-hydrogen) atoms. The van der Waals surface area contributed by atoms with E-state index in [1.54, 1.807) is 12.1 Å². The fourth-order valence-corrected chi connectivity index (χ4v) is 4.69. The molecule has 3 aromatic rings. The molecule has 0 saturated heterocycles. The Morgan fingerprint density at radius 1 is 1.10 bits per heavy atom. The van der Waals surface area contributed by atoms with Crippen molar-refractivity contribution in [1.82, 2.24) is 5.32 Å². The molecule has 1 aliphatic heterocycles. The Labute approximate surface area is 182 Å². The lowest BCUT2D eigenvalue weighted by Crippen LogP contribution is -2.41. The minimum Gasteiger partial charge on any atom is -0.508 e. The molecule has 0 spiro atoms. The first-order chi connectivity index (χ1) is 15.1. The number of hydrogen-bond donors (Lipinski definition) is 3. The molecular weight excluding hydrogens is 388 g/mol. The van der Waals surface area contributed by atoms with Crippen LogP contribution in [0.15, 0.2) is 60.7 Å². The number of benzene rings is 3. The summed E-state index contributed by atoms with van der Waals surface area (Å²) in [6.07, 6.45) is 3.60. The number of fused-ring (bicyclic) bond motifs is 2. The van der Waals surface area contributed by atoms with Crippen LogP contribution in [0, 0.1) is 6.92 Å². The first-order valence-corrected chi connectivity index (χ1v) is 10.8. The monoisotopic (exact) mass is 414 g/mol. The van der Waals surface area contributed by atoms with Crippen LogP contribution in [0.1, 0.15) is 41.1 Å². The van der Waals surface area contributed by atoms with E-state index in [9.17, 15) is 9.90 Å². The first-order valence-electron chi connectivity index (χ1n) is 10.8. The number of carbonyl (C=O) groups is 1. The number of ether oxygens (including phenoxy) is 1. The second-order valence-electron chi connectivity index (χ2n) is 8.42. The van der Waals surface area contributed by atoms with Crippen LogP contribution in [0.4, 0.5) is 5.69 Å². The molecule has 158 valence electrons. The SMILES string of the molecule is Cc1cc(O)cc2c1CC(C(=O)NC1CCCc3ccc(Oc4ccccc4)cc31)N2. The van der Waals surface area contributed by atoms with Crippen LogP contribution in [0.3, 0.4) is 0 Å². The Morgan fingerprint density at radius 3 is 2.77 bits per heavy atom. The van der Waals surface area contributed by atoms with Crippen molar-refractivity contribution in [2.24, 2.45) is 0 Å². The highest BCUT2D eigenvalue weighted by atomic mass is 16.5. The van der Waals surface area contributed by atoms with E-state index in [2.05, 4.69) is 22.8 Å². The average molecular weight is 415 g/mol. The van der Waals surface area contributed by atoms with Gasteiger partial charge in [0.15, 0.2) is 0 Å². The summed E-state index contributed by atoms with van der Waals surface area (Å²) >= 11 is 0. The number of carbonyl (C=O) groups excluding carboxylic acids is 1. The molecule has 5 heteroatoms. The van der Waals surface area contributed by atoms with Gasteiger partial charge in [-0.05, 0) is 78.8 Å². The van der Waals surface area contributed by atoms with Gasteiger partial charge in [0.25, 0.3) is 0 Å². The molecule has 0 radical (unpaired) electrons. The number of amides is 1.